The summed E-state index contributed by atoms with van der Waals surface area (Å²) in [4.78, 5) is 0. The lowest BCUT2D eigenvalue weighted by Crippen LogP contribution is -2.25. The van der Waals surface area contributed by atoms with Gasteiger partial charge in [0.25, 0.3) is 0 Å². The van der Waals surface area contributed by atoms with Crippen LogP contribution in [0.1, 0.15) is 24.5 Å². The first-order valence-corrected chi connectivity index (χ1v) is 6.47. The molecule has 0 aromatic heterocycles. The Bertz CT molecular complexity index is 312. The van der Waals surface area contributed by atoms with Gasteiger partial charge in [0.1, 0.15) is 0 Å². The van der Waals surface area contributed by atoms with Gasteiger partial charge in [0, 0.05) is 13.7 Å². The second-order valence-electron chi connectivity index (χ2n) is 4.83. The van der Waals surface area contributed by atoms with Crippen LogP contribution in [0, 0.1) is 12.8 Å². The molecule has 0 fully saturated rings. The number of rotatable bonds is 8. The average Bonchev–Trinajstić information content (AvgIpc) is 2.32. The Morgan fingerprint density at radius 3 is 2.88 bits per heavy atom. The van der Waals surface area contributed by atoms with Gasteiger partial charge >= 0.3 is 0 Å². The molecule has 1 atom stereocenters. The molecule has 96 valence electrons. The van der Waals surface area contributed by atoms with Gasteiger partial charge in [-0.2, -0.15) is 0 Å². The highest BCUT2D eigenvalue weighted by atomic mass is 16.5. The summed E-state index contributed by atoms with van der Waals surface area (Å²) in [5, 5.41) is 3.41. The zero-order valence-corrected chi connectivity index (χ0v) is 11.3. The lowest BCUT2D eigenvalue weighted by atomic mass is 10.00. The van der Waals surface area contributed by atoms with Gasteiger partial charge in [-0.15, -0.1) is 0 Å². The summed E-state index contributed by atoms with van der Waals surface area (Å²) in [6.07, 6.45) is 2.41. The maximum atomic E-state index is 5.00. The minimum atomic E-state index is 0.715. The monoisotopic (exact) mass is 235 g/mol. The van der Waals surface area contributed by atoms with E-state index in [1.165, 1.54) is 24.0 Å². The molecular weight excluding hydrogens is 210 g/mol. The first kappa shape index (κ1) is 14.2. The highest BCUT2D eigenvalue weighted by molar-refractivity contribution is 5.22. The summed E-state index contributed by atoms with van der Waals surface area (Å²) in [7, 11) is 1.74. The second kappa shape index (κ2) is 8.26. The van der Waals surface area contributed by atoms with Crippen molar-refractivity contribution in [1.82, 2.24) is 5.32 Å². The van der Waals surface area contributed by atoms with E-state index in [0.717, 1.165) is 19.7 Å². The fourth-order valence-electron chi connectivity index (χ4n) is 1.91. The van der Waals surface area contributed by atoms with E-state index in [2.05, 4.69) is 43.4 Å². The molecule has 0 spiro atoms. The zero-order chi connectivity index (χ0) is 12.5. The summed E-state index contributed by atoms with van der Waals surface area (Å²) in [6, 6.07) is 8.80. The van der Waals surface area contributed by atoms with Crippen LogP contribution in [0.3, 0.4) is 0 Å². The standard InChI is InChI=1S/C15H25NO/c1-13-5-4-6-15(11-13)8-7-14(2)12-16-9-10-17-3/h4-6,11,14,16H,7-10,12H2,1-3H3. The van der Waals surface area contributed by atoms with Crippen LogP contribution >= 0.6 is 0 Å². The molecule has 0 aliphatic rings. The SMILES string of the molecule is COCCNCC(C)CCc1cccc(C)c1. The first-order chi connectivity index (χ1) is 8.22. The third-order valence-corrected chi connectivity index (χ3v) is 2.98. The third-order valence-electron chi connectivity index (χ3n) is 2.98. The summed E-state index contributed by atoms with van der Waals surface area (Å²) in [5.74, 6) is 0.715. The molecule has 0 bridgehead atoms. The van der Waals surface area contributed by atoms with E-state index in [1.807, 2.05) is 0 Å². The molecule has 0 amide bonds. The predicted molar refractivity (Wildman–Crippen MR) is 73.4 cm³/mol. The molecule has 0 saturated heterocycles. The van der Waals surface area contributed by atoms with Crippen LogP contribution in [0.25, 0.3) is 0 Å². The number of ether oxygens (including phenoxy) is 1. The van der Waals surface area contributed by atoms with Crippen molar-refractivity contribution in [2.75, 3.05) is 26.8 Å². The van der Waals surface area contributed by atoms with Crippen LogP contribution in [0.5, 0.6) is 0 Å². The lowest BCUT2D eigenvalue weighted by Gasteiger charge is -2.12. The first-order valence-electron chi connectivity index (χ1n) is 6.47. The normalized spacial score (nSPS) is 12.6. The third kappa shape index (κ3) is 6.44. The summed E-state index contributed by atoms with van der Waals surface area (Å²) >= 11 is 0. The molecule has 1 N–H and O–H groups in total. The highest BCUT2D eigenvalue weighted by Gasteiger charge is 2.02. The highest BCUT2D eigenvalue weighted by Crippen LogP contribution is 2.10. The Labute approximate surface area is 105 Å². The molecule has 0 radical (unpaired) electrons. The van der Waals surface area contributed by atoms with Crippen molar-refractivity contribution in [3.8, 4) is 0 Å². The van der Waals surface area contributed by atoms with E-state index >= 15 is 0 Å². The minimum Gasteiger partial charge on any atom is -0.383 e. The van der Waals surface area contributed by atoms with Crippen LogP contribution in [-0.4, -0.2) is 26.8 Å². The van der Waals surface area contributed by atoms with Crippen LogP contribution < -0.4 is 5.32 Å². The quantitative estimate of drug-likeness (QED) is 0.700. The van der Waals surface area contributed by atoms with E-state index in [-0.39, 0.29) is 0 Å². The predicted octanol–water partition coefficient (Wildman–Crippen LogP) is 2.80. The van der Waals surface area contributed by atoms with Crippen molar-refractivity contribution in [2.24, 2.45) is 5.92 Å². The number of methoxy groups -OCH3 is 1. The van der Waals surface area contributed by atoms with Crippen molar-refractivity contribution in [3.63, 3.8) is 0 Å². The Morgan fingerprint density at radius 2 is 2.18 bits per heavy atom. The minimum absolute atomic E-state index is 0.715. The Hall–Kier alpha value is -0.860. The van der Waals surface area contributed by atoms with Crippen molar-refractivity contribution in [1.29, 1.82) is 0 Å². The molecule has 0 aliphatic heterocycles. The van der Waals surface area contributed by atoms with Gasteiger partial charge < -0.3 is 10.1 Å². The number of aryl methyl sites for hydroxylation is 2. The number of nitrogens with one attached hydrogen (secondary N) is 1. The van der Waals surface area contributed by atoms with Gasteiger partial charge in [0.05, 0.1) is 6.61 Å². The average molecular weight is 235 g/mol. The fraction of sp³-hybridized carbons (Fsp3) is 0.600. The molecule has 0 saturated carbocycles. The molecule has 1 rings (SSSR count). The van der Waals surface area contributed by atoms with Crippen LogP contribution in [0.4, 0.5) is 0 Å². The van der Waals surface area contributed by atoms with Crippen LogP contribution in [0.15, 0.2) is 24.3 Å². The largest absolute Gasteiger partial charge is 0.383 e. The van der Waals surface area contributed by atoms with Crippen molar-refractivity contribution < 1.29 is 4.74 Å². The van der Waals surface area contributed by atoms with Gasteiger partial charge in [-0.3, -0.25) is 0 Å². The molecular formula is C15H25NO. The number of hydrogen-bond acceptors (Lipinski definition) is 2. The summed E-state index contributed by atoms with van der Waals surface area (Å²) < 4.78 is 5.00. The smallest absolute Gasteiger partial charge is 0.0587 e. The van der Waals surface area contributed by atoms with Crippen molar-refractivity contribution in [3.05, 3.63) is 35.4 Å². The van der Waals surface area contributed by atoms with E-state index in [0.29, 0.717) is 5.92 Å². The molecule has 1 aromatic carbocycles. The second-order valence-corrected chi connectivity index (χ2v) is 4.83. The zero-order valence-electron chi connectivity index (χ0n) is 11.3. The molecule has 2 heteroatoms. The van der Waals surface area contributed by atoms with Crippen LogP contribution in [-0.2, 0) is 11.2 Å². The molecule has 1 aromatic rings. The van der Waals surface area contributed by atoms with Gasteiger partial charge in [-0.25, -0.2) is 0 Å². The number of hydrogen-bond donors (Lipinski definition) is 1. The molecule has 0 aliphatic carbocycles. The van der Waals surface area contributed by atoms with E-state index in [4.69, 9.17) is 4.74 Å². The van der Waals surface area contributed by atoms with E-state index in [9.17, 15) is 0 Å². The maximum absolute atomic E-state index is 5.00. The van der Waals surface area contributed by atoms with Gasteiger partial charge in [0.2, 0.25) is 0 Å². The Balaban J connectivity index is 2.17. The van der Waals surface area contributed by atoms with Crippen molar-refractivity contribution >= 4 is 0 Å². The van der Waals surface area contributed by atoms with Gasteiger partial charge in [0.15, 0.2) is 0 Å². The topological polar surface area (TPSA) is 21.3 Å². The van der Waals surface area contributed by atoms with Crippen molar-refractivity contribution in [2.45, 2.75) is 26.7 Å². The number of benzene rings is 1. The van der Waals surface area contributed by atoms with E-state index in [1.54, 1.807) is 7.11 Å². The van der Waals surface area contributed by atoms with Crippen LogP contribution in [0.2, 0.25) is 0 Å². The summed E-state index contributed by atoms with van der Waals surface area (Å²) in [6.45, 7) is 7.28. The fourth-order valence-corrected chi connectivity index (χ4v) is 1.91. The molecule has 0 heterocycles. The van der Waals surface area contributed by atoms with Gasteiger partial charge in [-0.05, 0) is 37.8 Å². The lowest BCUT2D eigenvalue weighted by molar-refractivity contribution is 0.198. The van der Waals surface area contributed by atoms with E-state index < -0.39 is 0 Å². The summed E-state index contributed by atoms with van der Waals surface area (Å²) in [5.41, 5.74) is 2.81. The Morgan fingerprint density at radius 1 is 1.35 bits per heavy atom. The molecule has 1 unspecified atom stereocenters. The molecule has 2 nitrogen and oxygen atoms in total. The van der Waals surface area contributed by atoms with Gasteiger partial charge in [-0.1, -0.05) is 36.8 Å². The molecule has 17 heavy (non-hydrogen) atoms. The maximum Gasteiger partial charge on any atom is 0.0587 e. The Kier molecular flexibility index (Phi) is 6.90.